The number of pyridine rings is 1. The van der Waals surface area contributed by atoms with E-state index < -0.39 is 0 Å². The number of fused-ring (bicyclic) bond motifs is 1. The second kappa shape index (κ2) is 9.09. The third-order valence-electron chi connectivity index (χ3n) is 4.81. The number of nitrogens with one attached hydrogen (secondary N) is 1. The quantitative estimate of drug-likeness (QED) is 0.488. The van der Waals surface area contributed by atoms with Gasteiger partial charge in [0.2, 0.25) is 0 Å². The average Bonchev–Trinajstić information content (AvgIpc) is 2.81. The van der Waals surface area contributed by atoms with Crippen molar-refractivity contribution in [2.24, 2.45) is 0 Å². The van der Waals surface area contributed by atoms with Gasteiger partial charge in [-0.15, -0.1) is 0 Å². The summed E-state index contributed by atoms with van der Waals surface area (Å²) in [5, 5.41) is 3.81. The summed E-state index contributed by atoms with van der Waals surface area (Å²) in [7, 11) is 1.61. The largest absolute Gasteiger partial charge is 0.493 e. The molecule has 0 saturated heterocycles. The fraction of sp³-hybridized carbons (Fsp3) is 0.120. The molecule has 30 heavy (non-hydrogen) atoms. The Hall–Kier alpha value is -3.86. The summed E-state index contributed by atoms with van der Waals surface area (Å²) < 4.78 is 11.4. The Morgan fingerprint density at radius 2 is 1.77 bits per heavy atom. The van der Waals surface area contributed by atoms with Crippen LogP contribution in [0.15, 0.2) is 85.1 Å². The molecule has 0 aliphatic heterocycles. The molecule has 0 aliphatic carbocycles. The van der Waals surface area contributed by atoms with Crippen molar-refractivity contribution in [3.63, 3.8) is 0 Å². The summed E-state index contributed by atoms with van der Waals surface area (Å²) in [6.07, 6.45) is 1.72. The Kier molecular flexibility index (Phi) is 5.90. The third-order valence-corrected chi connectivity index (χ3v) is 4.81. The molecule has 0 atom stereocenters. The highest BCUT2D eigenvalue weighted by atomic mass is 16.5. The molecule has 5 nitrogen and oxygen atoms in total. The number of aromatic nitrogens is 1. The molecule has 0 aliphatic rings. The van der Waals surface area contributed by atoms with Crippen molar-refractivity contribution in [1.82, 2.24) is 10.3 Å². The highest BCUT2D eigenvalue weighted by molar-refractivity contribution is 6.06. The van der Waals surface area contributed by atoms with E-state index in [4.69, 9.17) is 9.47 Å². The first-order valence-electron chi connectivity index (χ1n) is 9.70. The van der Waals surface area contributed by atoms with E-state index >= 15 is 0 Å². The van der Waals surface area contributed by atoms with E-state index in [0.29, 0.717) is 30.2 Å². The van der Waals surface area contributed by atoms with Gasteiger partial charge in [0.05, 0.1) is 12.6 Å². The molecule has 0 radical (unpaired) electrons. The van der Waals surface area contributed by atoms with Gasteiger partial charge < -0.3 is 14.8 Å². The maximum absolute atomic E-state index is 12.7. The number of hydrogen-bond acceptors (Lipinski definition) is 4. The van der Waals surface area contributed by atoms with Crippen LogP contribution in [0, 0.1) is 0 Å². The first-order valence-corrected chi connectivity index (χ1v) is 9.70. The topological polar surface area (TPSA) is 60.5 Å². The van der Waals surface area contributed by atoms with Crippen LogP contribution in [0.5, 0.6) is 11.5 Å². The summed E-state index contributed by atoms with van der Waals surface area (Å²) in [4.78, 5) is 17.0. The van der Waals surface area contributed by atoms with E-state index in [-0.39, 0.29) is 5.91 Å². The van der Waals surface area contributed by atoms with Crippen LogP contribution in [0.2, 0.25) is 0 Å². The smallest absolute Gasteiger partial charge is 0.252 e. The molecule has 0 fully saturated rings. The Morgan fingerprint density at radius 1 is 0.900 bits per heavy atom. The molecule has 3 aromatic carbocycles. The van der Waals surface area contributed by atoms with Crippen LogP contribution in [-0.2, 0) is 13.2 Å². The van der Waals surface area contributed by atoms with E-state index in [2.05, 4.69) is 10.3 Å². The zero-order valence-corrected chi connectivity index (χ0v) is 16.7. The number of amides is 1. The average molecular weight is 398 g/mol. The van der Waals surface area contributed by atoms with Crippen LogP contribution in [-0.4, -0.2) is 18.0 Å². The van der Waals surface area contributed by atoms with Crippen molar-refractivity contribution in [1.29, 1.82) is 0 Å². The maximum atomic E-state index is 12.7. The van der Waals surface area contributed by atoms with Crippen LogP contribution < -0.4 is 14.8 Å². The van der Waals surface area contributed by atoms with Gasteiger partial charge in [-0.05, 0) is 41.5 Å². The van der Waals surface area contributed by atoms with Crippen molar-refractivity contribution in [2.45, 2.75) is 13.2 Å². The van der Waals surface area contributed by atoms with Crippen molar-refractivity contribution in [2.75, 3.05) is 7.11 Å². The highest BCUT2D eigenvalue weighted by Gasteiger charge is 2.11. The molecule has 1 aromatic heterocycles. The lowest BCUT2D eigenvalue weighted by Crippen LogP contribution is -2.23. The molecule has 4 aromatic rings. The third kappa shape index (κ3) is 4.41. The van der Waals surface area contributed by atoms with Crippen LogP contribution in [0.3, 0.4) is 0 Å². The van der Waals surface area contributed by atoms with Crippen molar-refractivity contribution < 1.29 is 14.3 Å². The number of nitrogens with zero attached hydrogens (tertiary/aromatic N) is 1. The molecule has 150 valence electrons. The Morgan fingerprint density at radius 3 is 2.60 bits per heavy atom. The molecule has 0 bridgehead atoms. The lowest BCUT2D eigenvalue weighted by molar-refractivity contribution is 0.0952. The number of rotatable bonds is 7. The Bertz CT molecular complexity index is 1150. The number of carbonyl (C=O) groups is 1. The van der Waals surface area contributed by atoms with Gasteiger partial charge in [-0.3, -0.25) is 9.78 Å². The molecular formula is C25H22N2O3. The van der Waals surface area contributed by atoms with Crippen molar-refractivity contribution in [3.8, 4) is 11.5 Å². The molecule has 0 unspecified atom stereocenters. The Balaban J connectivity index is 1.43. The van der Waals surface area contributed by atoms with Crippen molar-refractivity contribution >= 4 is 16.8 Å². The number of benzene rings is 3. The van der Waals surface area contributed by atoms with Crippen LogP contribution in [0.1, 0.15) is 21.5 Å². The number of hydrogen-bond donors (Lipinski definition) is 1. The lowest BCUT2D eigenvalue weighted by Gasteiger charge is -2.13. The summed E-state index contributed by atoms with van der Waals surface area (Å²) in [6.45, 7) is 0.840. The molecular weight excluding hydrogens is 376 g/mol. The maximum Gasteiger partial charge on any atom is 0.252 e. The second-order valence-electron chi connectivity index (χ2n) is 6.82. The SMILES string of the molecule is COc1cc(CNC(=O)c2cccc3ncccc23)ccc1OCc1ccccc1. The van der Waals surface area contributed by atoms with Crippen LogP contribution in [0.4, 0.5) is 0 Å². The van der Waals surface area contributed by atoms with Gasteiger partial charge in [0, 0.05) is 23.7 Å². The van der Waals surface area contributed by atoms with Crippen molar-refractivity contribution in [3.05, 3.63) is 102 Å². The number of carbonyl (C=O) groups excluding carboxylic acids is 1. The molecule has 4 rings (SSSR count). The minimum atomic E-state index is -0.142. The van der Waals surface area contributed by atoms with Gasteiger partial charge in [0.25, 0.3) is 5.91 Å². The molecule has 0 saturated carbocycles. The summed E-state index contributed by atoms with van der Waals surface area (Å²) in [5.41, 5.74) is 3.41. The minimum Gasteiger partial charge on any atom is -0.493 e. The van der Waals surface area contributed by atoms with Crippen LogP contribution >= 0.6 is 0 Å². The van der Waals surface area contributed by atoms with E-state index in [1.807, 2.05) is 72.8 Å². The Labute approximate surface area is 175 Å². The normalized spacial score (nSPS) is 10.6. The zero-order valence-electron chi connectivity index (χ0n) is 16.7. The minimum absolute atomic E-state index is 0.142. The van der Waals surface area contributed by atoms with Gasteiger partial charge in [0.15, 0.2) is 11.5 Å². The van der Waals surface area contributed by atoms with E-state index in [1.165, 1.54) is 0 Å². The fourth-order valence-corrected chi connectivity index (χ4v) is 3.26. The lowest BCUT2D eigenvalue weighted by atomic mass is 10.1. The summed E-state index contributed by atoms with van der Waals surface area (Å²) in [5.74, 6) is 1.15. The summed E-state index contributed by atoms with van der Waals surface area (Å²) in [6, 6.07) is 24.9. The van der Waals surface area contributed by atoms with Gasteiger partial charge in [-0.25, -0.2) is 0 Å². The van der Waals surface area contributed by atoms with E-state index in [1.54, 1.807) is 19.4 Å². The van der Waals surface area contributed by atoms with Gasteiger partial charge >= 0.3 is 0 Å². The molecule has 1 amide bonds. The fourth-order valence-electron chi connectivity index (χ4n) is 3.26. The highest BCUT2D eigenvalue weighted by Crippen LogP contribution is 2.29. The van der Waals surface area contributed by atoms with E-state index in [9.17, 15) is 4.79 Å². The van der Waals surface area contributed by atoms with Crippen LogP contribution in [0.25, 0.3) is 10.9 Å². The molecule has 5 heteroatoms. The first-order chi connectivity index (χ1) is 14.7. The standard InChI is InChI=1S/C25H22N2O3/c1-29-24-15-19(12-13-23(24)30-17-18-7-3-2-4-8-18)16-27-25(28)21-9-5-11-22-20(21)10-6-14-26-22/h2-15H,16-17H2,1H3,(H,27,28). The van der Waals surface area contributed by atoms with E-state index in [0.717, 1.165) is 22.0 Å². The molecule has 0 spiro atoms. The van der Waals surface area contributed by atoms with Gasteiger partial charge in [-0.2, -0.15) is 0 Å². The van der Waals surface area contributed by atoms with Gasteiger partial charge in [-0.1, -0.05) is 48.5 Å². The second-order valence-corrected chi connectivity index (χ2v) is 6.82. The monoisotopic (exact) mass is 398 g/mol. The zero-order chi connectivity index (χ0) is 20.8. The summed E-state index contributed by atoms with van der Waals surface area (Å²) >= 11 is 0. The molecule has 1 N–H and O–H groups in total. The predicted octanol–water partition coefficient (Wildman–Crippen LogP) is 4.75. The number of methoxy groups -OCH3 is 1. The predicted molar refractivity (Wildman–Crippen MR) is 117 cm³/mol. The first kappa shape index (κ1) is 19.5. The van der Waals surface area contributed by atoms with Gasteiger partial charge in [0.1, 0.15) is 6.61 Å². The molecule has 1 heterocycles. The number of ether oxygens (including phenoxy) is 2.